The minimum absolute atomic E-state index is 0.267. The number of nitrogens with two attached hydrogens (primary N) is 1. The number of rotatable bonds is 3. The van der Waals surface area contributed by atoms with Crippen LogP contribution in [0.5, 0.6) is 0 Å². The maximum Gasteiger partial charge on any atom is 0.134 e. The van der Waals surface area contributed by atoms with Crippen molar-refractivity contribution >= 4 is 22.5 Å². The number of hydrogen-bond acceptors (Lipinski definition) is 6. The van der Waals surface area contributed by atoms with E-state index in [9.17, 15) is 0 Å². The van der Waals surface area contributed by atoms with Crippen molar-refractivity contribution in [3.63, 3.8) is 0 Å². The second kappa shape index (κ2) is 4.49. The molecule has 2 aromatic heterocycles. The smallest absolute Gasteiger partial charge is 0.134 e. The summed E-state index contributed by atoms with van der Waals surface area (Å²) >= 11 is 1.29. The van der Waals surface area contributed by atoms with E-state index in [1.54, 1.807) is 0 Å². The van der Waals surface area contributed by atoms with Crippen molar-refractivity contribution in [1.29, 1.82) is 0 Å². The van der Waals surface area contributed by atoms with Crippen LogP contribution in [0, 0.1) is 6.92 Å². The van der Waals surface area contributed by atoms with E-state index < -0.39 is 0 Å². The standard InChI is InChI=1S/C12H12N4OS/c1-7-2-3-10-8(4-7)5-11(17-10)12(14-13)9-6-18-16-15-9/h2-6,12,14H,13H2,1H3. The van der Waals surface area contributed by atoms with Crippen molar-refractivity contribution in [1.82, 2.24) is 15.0 Å². The minimum Gasteiger partial charge on any atom is -0.459 e. The van der Waals surface area contributed by atoms with E-state index in [2.05, 4.69) is 28.0 Å². The number of fused-ring (bicyclic) bond motifs is 1. The number of aryl methyl sites for hydroxylation is 1. The molecular formula is C12H12N4OS. The van der Waals surface area contributed by atoms with E-state index in [4.69, 9.17) is 10.3 Å². The molecule has 2 heterocycles. The molecular weight excluding hydrogens is 248 g/mol. The molecule has 6 heteroatoms. The molecule has 1 unspecified atom stereocenters. The second-order valence-electron chi connectivity index (χ2n) is 4.12. The summed E-state index contributed by atoms with van der Waals surface area (Å²) in [7, 11) is 0. The largest absolute Gasteiger partial charge is 0.459 e. The Bertz CT molecular complexity index is 662. The van der Waals surface area contributed by atoms with Gasteiger partial charge < -0.3 is 4.42 Å². The van der Waals surface area contributed by atoms with Crippen molar-refractivity contribution < 1.29 is 4.42 Å². The summed E-state index contributed by atoms with van der Waals surface area (Å²) in [6, 6.07) is 7.77. The van der Waals surface area contributed by atoms with Gasteiger partial charge in [-0.25, -0.2) is 5.43 Å². The van der Waals surface area contributed by atoms with Crippen LogP contribution in [0.4, 0.5) is 0 Å². The molecule has 0 saturated heterocycles. The summed E-state index contributed by atoms with van der Waals surface area (Å²) < 4.78 is 9.63. The van der Waals surface area contributed by atoms with Gasteiger partial charge in [0.1, 0.15) is 23.1 Å². The van der Waals surface area contributed by atoms with Gasteiger partial charge in [0.2, 0.25) is 0 Å². The fourth-order valence-corrected chi connectivity index (χ4v) is 2.42. The highest BCUT2D eigenvalue weighted by Crippen LogP contribution is 2.27. The third kappa shape index (κ3) is 1.90. The summed E-state index contributed by atoms with van der Waals surface area (Å²) in [5, 5.41) is 6.93. The Hall–Kier alpha value is -1.76. The first-order valence-corrected chi connectivity index (χ1v) is 6.35. The summed E-state index contributed by atoms with van der Waals surface area (Å²) in [6.07, 6.45) is 0. The summed E-state index contributed by atoms with van der Waals surface area (Å²) in [6.45, 7) is 2.05. The maximum atomic E-state index is 5.79. The molecule has 5 nitrogen and oxygen atoms in total. The van der Waals surface area contributed by atoms with Gasteiger partial charge in [-0.2, -0.15) is 0 Å². The Balaban J connectivity index is 2.07. The van der Waals surface area contributed by atoms with Gasteiger partial charge in [-0.15, -0.1) is 5.10 Å². The molecule has 3 aromatic rings. The molecule has 0 radical (unpaired) electrons. The van der Waals surface area contributed by atoms with E-state index in [-0.39, 0.29) is 6.04 Å². The molecule has 1 aromatic carbocycles. The average Bonchev–Trinajstić information content (AvgIpc) is 2.98. The molecule has 3 N–H and O–H groups in total. The average molecular weight is 260 g/mol. The van der Waals surface area contributed by atoms with Crippen LogP contribution in [-0.4, -0.2) is 9.59 Å². The highest BCUT2D eigenvalue weighted by Gasteiger charge is 2.19. The molecule has 0 saturated carbocycles. The van der Waals surface area contributed by atoms with E-state index >= 15 is 0 Å². The molecule has 18 heavy (non-hydrogen) atoms. The van der Waals surface area contributed by atoms with Crippen LogP contribution in [0.3, 0.4) is 0 Å². The SMILES string of the molecule is Cc1ccc2oc(C(NN)c3csnn3)cc2c1. The zero-order valence-corrected chi connectivity index (χ0v) is 10.6. The van der Waals surface area contributed by atoms with Crippen molar-refractivity contribution in [2.75, 3.05) is 0 Å². The summed E-state index contributed by atoms with van der Waals surface area (Å²) in [5.41, 5.74) is 5.51. The molecule has 92 valence electrons. The number of hydrazine groups is 1. The van der Waals surface area contributed by atoms with Gasteiger partial charge in [-0.3, -0.25) is 5.84 Å². The van der Waals surface area contributed by atoms with Crippen LogP contribution >= 0.6 is 11.5 Å². The van der Waals surface area contributed by atoms with Crippen molar-refractivity contribution in [2.24, 2.45) is 5.84 Å². The lowest BCUT2D eigenvalue weighted by Gasteiger charge is -2.08. The Morgan fingerprint density at radius 3 is 3.00 bits per heavy atom. The van der Waals surface area contributed by atoms with Crippen molar-refractivity contribution in [3.8, 4) is 0 Å². The first-order chi connectivity index (χ1) is 8.78. The molecule has 0 amide bonds. The molecule has 0 bridgehead atoms. The van der Waals surface area contributed by atoms with Crippen molar-refractivity contribution in [3.05, 3.63) is 46.7 Å². The van der Waals surface area contributed by atoms with Gasteiger partial charge in [0.15, 0.2) is 0 Å². The highest BCUT2D eigenvalue weighted by atomic mass is 32.1. The van der Waals surface area contributed by atoms with Crippen LogP contribution in [0.1, 0.15) is 23.1 Å². The van der Waals surface area contributed by atoms with Crippen molar-refractivity contribution in [2.45, 2.75) is 13.0 Å². The maximum absolute atomic E-state index is 5.79. The lowest BCUT2D eigenvalue weighted by atomic mass is 10.1. The molecule has 1 atom stereocenters. The first-order valence-electron chi connectivity index (χ1n) is 5.51. The number of furan rings is 1. The molecule has 3 rings (SSSR count). The number of benzene rings is 1. The van der Waals surface area contributed by atoms with E-state index in [1.807, 2.05) is 23.6 Å². The van der Waals surface area contributed by atoms with Gasteiger partial charge in [-0.1, -0.05) is 16.1 Å². The molecule has 0 spiro atoms. The van der Waals surface area contributed by atoms with Crippen LogP contribution in [-0.2, 0) is 0 Å². The minimum atomic E-state index is -0.267. The van der Waals surface area contributed by atoms with Crippen LogP contribution in [0.25, 0.3) is 11.0 Å². The molecule has 0 aliphatic heterocycles. The number of aromatic nitrogens is 2. The fraction of sp³-hybridized carbons (Fsp3) is 0.167. The number of nitrogens with one attached hydrogen (secondary N) is 1. The predicted octanol–water partition coefficient (Wildman–Crippen LogP) is 2.15. The Labute approximate surface area is 108 Å². The van der Waals surface area contributed by atoms with Gasteiger partial charge in [0, 0.05) is 10.8 Å². The third-order valence-electron chi connectivity index (χ3n) is 2.81. The summed E-state index contributed by atoms with van der Waals surface area (Å²) in [4.78, 5) is 0. The van der Waals surface area contributed by atoms with Crippen LogP contribution in [0.15, 0.2) is 34.1 Å². The second-order valence-corrected chi connectivity index (χ2v) is 4.73. The van der Waals surface area contributed by atoms with E-state index in [1.165, 1.54) is 17.1 Å². The number of nitrogens with zero attached hydrogens (tertiary/aromatic N) is 2. The summed E-state index contributed by atoms with van der Waals surface area (Å²) in [5.74, 6) is 6.32. The Morgan fingerprint density at radius 2 is 2.28 bits per heavy atom. The van der Waals surface area contributed by atoms with Crippen LogP contribution in [0.2, 0.25) is 0 Å². The molecule has 0 aliphatic carbocycles. The lowest BCUT2D eigenvalue weighted by molar-refractivity contribution is 0.471. The fourth-order valence-electron chi connectivity index (χ4n) is 1.94. The van der Waals surface area contributed by atoms with Gasteiger partial charge >= 0.3 is 0 Å². The quantitative estimate of drug-likeness (QED) is 0.557. The highest BCUT2D eigenvalue weighted by molar-refractivity contribution is 7.03. The lowest BCUT2D eigenvalue weighted by Crippen LogP contribution is -2.28. The topological polar surface area (TPSA) is 77.0 Å². The molecule has 0 aliphatic rings. The first kappa shape index (κ1) is 11.3. The molecule has 0 fully saturated rings. The van der Waals surface area contributed by atoms with Crippen LogP contribution < -0.4 is 11.3 Å². The number of hydrogen-bond donors (Lipinski definition) is 2. The van der Waals surface area contributed by atoms with Gasteiger partial charge in [0.05, 0.1) is 0 Å². The normalized spacial score (nSPS) is 13.0. The Morgan fingerprint density at radius 1 is 1.39 bits per heavy atom. The monoisotopic (exact) mass is 260 g/mol. The zero-order chi connectivity index (χ0) is 12.5. The third-order valence-corrected chi connectivity index (χ3v) is 3.34. The van der Waals surface area contributed by atoms with Gasteiger partial charge in [0.25, 0.3) is 0 Å². The Kier molecular flexibility index (Phi) is 2.83. The zero-order valence-electron chi connectivity index (χ0n) is 9.75. The van der Waals surface area contributed by atoms with Gasteiger partial charge in [-0.05, 0) is 36.7 Å². The van der Waals surface area contributed by atoms with E-state index in [0.717, 1.165) is 22.4 Å². The predicted molar refractivity (Wildman–Crippen MR) is 70.0 cm³/mol. The van der Waals surface area contributed by atoms with E-state index in [0.29, 0.717) is 0 Å².